The molecule has 1 aliphatic heterocycles. The van der Waals surface area contributed by atoms with E-state index in [1.54, 1.807) is 24.4 Å². The van der Waals surface area contributed by atoms with Crippen LogP contribution < -0.4 is 5.32 Å². The van der Waals surface area contributed by atoms with Crippen molar-refractivity contribution in [1.82, 2.24) is 20.2 Å². The molecule has 5 rings (SSSR count). The Morgan fingerprint density at radius 3 is 2.58 bits per heavy atom. The molecule has 1 saturated heterocycles. The first kappa shape index (κ1) is 27.4. The molecular formula is C27H26ClF3N4O3. The monoisotopic (exact) mass is 546 g/mol. The van der Waals surface area contributed by atoms with Crippen LogP contribution in [0.1, 0.15) is 27.0 Å². The number of alkyl halides is 3. The Kier molecular flexibility index (Phi) is 8.25. The summed E-state index contributed by atoms with van der Waals surface area (Å²) in [6, 6.07) is 13.7. The lowest BCUT2D eigenvalue weighted by Crippen LogP contribution is -2.35. The smallest absolute Gasteiger partial charge is 0.416 e. The lowest BCUT2D eigenvalue weighted by Gasteiger charge is -2.26. The van der Waals surface area contributed by atoms with Gasteiger partial charge in [0.05, 0.1) is 30.0 Å². The van der Waals surface area contributed by atoms with Crippen molar-refractivity contribution in [3.63, 3.8) is 0 Å². The van der Waals surface area contributed by atoms with Crippen LogP contribution in [0.3, 0.4) is 0 Å². The minimum absolute atomic E-state index is 0. The molecule has 0 unspecified atom stereocenters. The van der Waals surface area contributed by atoms with E-state index in [1.807, 2.05) is 12.1 Å². The van der Waals surface area contributed by atoms with Crippen LogP contribution in [0.5, 0.6) is 5.88 Å². The number of amides is 1. The summed E-state index contributed by atoms with van der Waals surface area (Å²) in [7, 11) is 0. The van der Waals surface area contributed by atoms with E-state index >= 15 is 0 Å². The van der Waals surface area contributed by atoms with Crippen LogP contribution in [0.2, 0.25) is 0 Å². The summed E-state index contributed by atoms with van der Waals surface area (Å²) in [6.07, 6.45) is -2.75. The zero-order valence-electron chi connectivity index (χ0n) is 20.2. The number of pyridine rings is 1. The molecule has 0 aliphatic carbocycles. The van der Waals surface area contributed by atoms with Gasteiger partial charge in [-0.05, 0) is 41.5 Å². The molecule has 1 aliphatic rings. The first-order chi connectivity index (χ1) is 17.8. The van der Waals surface area contributed by atoms with Crippen LogP contribution >= 0.6 is 12.4 Å². The summed E-state index contributed by atoms with van der Waals surface area (Å²) in [6.45, 7) is 3.61. The SMILES string of the molecule is Cl.O=C(NCc1ccccc1C(F)(F)F)c1ccc2[nH]c(O)c(-c3ccc(CN4CCOCC4)cn3)c2c1. The second-order valence-electron chi connectivity index (χ2n) is 8.89. The zero-order chi connectivity index (χ0) is 26.0. The van der Waals surface area contributed by atoms with Crippen LogP contribution in [0.25, 0.3) is 22.2 Å². The van der Waals surface area contributed by atoms with Gasteiger partial charge < -0.3 is 20.1 Å². The highest BCUT2D eigenvalue weighted by molar-refractivity contribution is 6.03. The van der Waals surface area contributed by atoms with E-state index in [9.17, 15) is 23.1 Å². The zero-order valence-corrected chi connectivity index (χ0v) is 21.0. The number of hydrogen-bond acceptors (Lipinski definition) is 5. The number of aromatic hydroxyl groups is 1. The van der Waals surface area contributed by atoms with Crippen molar-refractivity contribution in [3.8, 4) is 17.1 Å². The Morgan fingerprint density at radius 2 is 1.87 bits per heavy atom. The van der Waals surface area contributed by atoms with Crippen molar-refractivity contribution in [2.45, 2.75) is 19.3 Å². The molecule has 3 N–H and O–H groups in total. The van der Waals surface area contributed by atoms with Gasteiger partial charge in [0.25, 0.3) is 5.91 Å². The van der Waals surface area contributed by atoms with Crippen molar-refractivity contribution in [2.24, 2.45) is 0 Å². The van der Waals surface area contributed by atoms with E-state index in [0.717, 1.165) is 31.3 Å². The maximum Gasteiger partial charge on any atom is 0.416 e. The van der Waals surface area contributed by atoms with E-state index in [1.165, 1.54) is 18.2 Å². The predicted molar refractivity (Wildman–Crippen MR) is 139 cm³/mol. The lowest BCUT2D eigenvalue weighted by atomic mass is 10.0. The third kappa shape index (κ3) is 5.93. The van der Waals surface area contributed by atoms with Crippen molar-refractivity contribution < 1.29 is 27.8 Å². The van der Waals surface area contributed by atoms with Gasteiger partial charge in [-0.15, -0.1) is 12.4 Å². The second-order valence-corrected chi connectivity index (χ2v) is 8.89. The fourth-order valence-corrected chi connectivity index (χ4v) is 4.49. The molecule has 0 spiro atoms. The molecule has 4 aromatic rings. The topological polar surface area (TPSA) is 90.5 Å². The quantitative estimate of drug-likeness (QED) is 0.312. The van der Waals surface area contributed by atoms with E-state index in [4.69, 9.17) is 4.74 Å². The first-order valence-electron chi connectivity index (χ1n) is 11.8. The van der Waals surface area contributed by atoms with E-state index < -0.39 is 17.6 Å². The average Bonchev–Trinajstić information content (AvgIpc) is 3.23. The van der Waals surface area contributed by atoms with E-state index in [2.05, 4.69) is 20.2 Å². The largest absolute Gasteiger partial charge is 0.494 e. The number of halogens is 4. The van der Waals surface area contributed by atoms with E-state index in [0.29, 0.717) is 35.4 Å². The molecule has 0 bridgehead atoms. The number of carbonyl (C=O) groups excluding carboxylic acids is 1. The number of morpholine rings is 1. The highest BCUT2D eigenvalue weighted by atomic mass is 35.5. The van der Waals surface area contributed by atoms with Gasteiger partial charge >= 0.3 is 6.18 Å². The molecule has 7 nitrogen and oxygen atoms in total. The fourth-order valence-electron chi connectivity index (χ4n) is 4.49. The Labute approximate surface area is 223 Å². The summed E-state index contributed by atoms with van der Waals surface area (Å²) < 4.78 is 45.2. The van der Waals surface area contributed by atoms with Gasteiger partial charge in [0.1, 0.15) is 0 Å². The Morgan fingerprint density at radius 1 is 1.11 bits per heavy atom. The molecule has 2 aromatic heterocycles. The number of hydrogen-bond donors (Lipinski definition) is 3. The van der Waals surface area contributed by atoms with Gasteiger partial charge in [0.15, 0.2) is 5.88 Å². The lowest BCUT2D eigenvalue weighted by molar-refractivity contribution is -0.138. The van der Waals surface area contributed by atoms with Crippen molar-refractivity contribution in [3.05, 3.63) is 83.0 Å². The molecule has 0 atom stereocenters. The molecule has 2 aromatic carbocycles. The third-order valence-electron chi connectivity index (χ3n) is 6.39. The number of nitrogens with one attached hydrogen (secondary N) is 2. The van der Waals surface area contributed by atoms with Crippen molar-refractivity contribution in [1.29, 1.82) is 0 Å². The molecule has 1 fully saturated rings. The Hall–Kier alpha value is -3.60. The van der Waals surface area contributed by atoms with Crippen molar-refractivity contribution >= 4 is 29.2 Å². The summed E-state index contributed by atoms with van der Waals surface area (Å²) in [5.74, 6) is -0.612. The normalized spacial score (nSPS) is 14.3. The van der Waals surface area contributed by atoms with Gasteiger partial charge in [-0.25, -0.2) is 0 Å². The summed E-state index contributed by atoms with van der Waals surface area (Å²) in [5.41, 5.74) is 2.06. The maximum atomic E-state index is 13.3. The molecule has 0 saturated carbocycles. The molecule has 3 heterocycles. The van der Waals surface area contributed by atoms with Crippen LogP contribution in [0, 0.1) is 0 Å². The van der Waals surface area contributed by atoms with Crippen LogP contribution in [0.4, 0.5) is 13.2 Å². The van der Waals surface area contributed by atoms with Gasteiger partial charge in [-0.1, -0.05) is 24.3 Å². The average molecular weight is 547 g/mol. The third-order valence-corrected chi connectivity index (χ3v) is 6.39. The number of aromatic amines is 1. The molecule has 38 heavy (non-hydrogen) atoms. The minimum Gasteiger partial charge on any atom is -0.494 e. The van der Waals surface area contributed by atoms with Gasteiger partial charge in [0, 0.05) is 48.8 Å². The number of carbonyl (C=O) groups is 1. The second kappa shape index (κ2) is 11.4. The number of benzene rings is 2. The predicted octanol–water partition coefficient (Wildman–Crippen LogP) is 5.14. The van der Waals surface area contributed by atoms with Crippen LogP contribution in [-0.2, 0) is 24.0 Å². The summed E-state index contributed by atoms with van der Waals surface area (Å²) >= 11 is 0. The number of fused-ring (bicyclic) bond motifs is 1. The number of H-pyrrole nitrogens is 1. The molecule has 200 valence electrons. The van der Waals surface area contributed by atoms with Gasteiger partial charge in [0.2, 0.25) is 0 Å². The summed E-state index contributed by atoms with van der Waals surface area (Å²) in [4.78, 5) is 22.5. The van der Waals surface area contributed by atoms with Crippen molar-refractivity contribution in [2.75, 3.05) is 26.3 Å². The fraction of sp³-hybridized carbons (Fsp3) is 0.259. The summed E-state index contributed by atoms with van der Waals surface area (Å²) in [5, 5.41) is 13.7. The molecular weight excluding hydrogens is 521 g/mol. The highest BCUT2D eigenvalue weighted by Gasteiger charge is 2.32. The van der Waals surface area contributed by atoms with E-state index in [-0.39, 0.29) is 36.0 Å². The highest BCUT2D eigenvalue weighted by Crippen LogP contribution is 2.36. The maximum absolute atomic E-state index is 13.3. The number of aromatic nitrogens is 2. The Balaban J connectivity index is 0.00000336. The van der Waals surface area contributed by atoms with Crippen LogP contribution in [0.15, 0.2) is 60.8 Å². The minimum atomic E-state index is -4.51. The molecule has 1 amide bonds. The number of ether oxygens (including phenoxy) is 1. The standard InChI is InChI=1S/C27H25F3N4O3.ClH/c28-27(29,30)21-4-2-1-3-19(21)15-32-25(35)18-6-8-22-20(13-18)24(26(36)33-22)23-7-5-17(14-31-23)16-34-9-11-37-12-10-34;/h1-8,13-14,33,36H,9-12,15-16H2,(H,32,35);1H. The molecule has 11 heteroatoms. The number of nitrogens with zero attached hydrogens (tertiary/aromatic N) is 2. The Bertz CT molecular complexity index is 1420. The first-order valence-corrected chi connectivity index (χ1v) is 11.8. The van der Waals surface area contributed by atoms with Crippen LogP contribution in [-0.4, -0.2) is 52.2 Å². The number of rotatable bonds is 6. The van der Waals surface area contributed by atoms with Gasteiger partial charge in [-0.2, -0.15) is 13.2 Å². The van der Waals surface area contributed by atoms with Gasteiger partial charge in [-0.3, -0.25) is 14.7 Å². The molecule has 0 radical (unpaired) electrons.